The molecule has 0 bridgehead atoms. The van der Waals surface area contributed by atoms with Crippen LogP contribution in [0.15, 0.2) is 48.5 Å². The third-order valence-electron chi connectivity index (χ3n) is 3.30. The highest BCUT2D eigenvalue weighted by Gasteiger charge is 2.41. The minimum Gasteiger partial charge on any atom is -0.359 e. The Balaban J connectivity index is 1.78. The highest BCUT2D eigenvalue weighted by molar-refractivity contribution is 5.32. The smallest absolute Gasteiger partial charge is 0.114 e. The van der Waals surface area contributed by atoms with Crippen molar-refractivity contribution >= 4 is 0 Å². The highest BCUT2D eigenvalue weighted by atomic mass is 16.6. The Morgan fingerprint density at radius 1 is 0.647 bits per heavy atom. The van der Waals surface area contributed by atoms with Crippen molar-refractivity contribution in [1.29, 1.82) is 0 Å². The zero-order chi connectivity index (χ0) is 11.8. The number of hydrogen-bond donors (Lipinski definition) is 0. The summed E-state index contributed by atoms with van der Waals surface area (Å²) < 4.78 is 5.77. The van der Waals surface area contributed by atoms with Crippen molar-refractivity contribution in [3.8, 4) is 0 Å². The normalized spacial score (nSPS) is 22.5. The van der Waals surface area contributed by atoms with Gasteiger partial charge in [0.2, 0.25) is 0 Å². The lowest BCUT2D eigenvalue weighted by molar-refractivity contribution is 0.377. The summed E-state index contributed by atoms with van der Waals surface area (Å²) in [6.45, 7) is 4.21. The standard InChI is InChI=1S/C16H16O/c1-11-3-7-13(8-4-11)15-16(17-15)14-9-5-12(2)6-10-14/h3-10,15-16H,1-2H3/t15-,16-/m0/s1. The van der Waals surface area contributed by atoms with Crippen LogP contribution in [0, 0.1) is 13.8 Å². The molecule has 1 aliphatic rings. The lowest BCUT2D eigenvalue weighted by Gasteiger charge is -1.99. The van der Waals surface area contributed by atoms with Gasteiger partial charge < -0.3 is 4.74 Å². The summed E-state index contributed by atoms with van der Waals surface area (Å²) in [6, 6.07) is 17.2. The van der Waals surface area contributed by atoms with Crippen LogP contribution in [-0.4, -0.2) is 0 Å². The van der Waals surface area contributed by atoms with Gasteiger partial charge in [-0.05, 0) is 25.0 Å². The lowest BCUT2D eigenvalue weighted by Crippen LogP contribution is -1.85. The van der Waals surface area contributed by atoms with Gasteiger partial charge in [0.1, 0.15) is 12.2 Å². The predicted molar refractivity (Wildman–Crippen MR) is 68.9 cm³/mol. The number of aryl methyl sites for hydroxylation is 2. The van der Waals surface area contributed by atoms with E-state index < -0.39 is 0 Å². The summed E-state index contributed by atoms with van der Waals surface area (Å²) in [5, 5.41) is 0. The molecule has 2 atom stereocenters. The van der Waals surface area contributed by atoms with E-state index in [1.165, 1.54) is 22.3 Å². The van der Waals surface area contributed by atoms with Gasteiger partial charge in [0.15, 0.2) is 0 Å². The fourth-order valence-electron chi connectivity index (χ4n) is 2.13. The van der Waals surface area contributed by atoms with Crippen LogP contribution in [-0.2, 0) is 4.74 Å². The number of rotatable bonds is 2. The third-order valence-corrected chi connectivity index (χ3v) is 3.30. The van der Waals surface area contributed by atoms with Gasteiger partial charge >= 0.3 is 0 Å². The lowest BCUT2D eigenvalue weighted by atomic mass is 10.0. The van der Waals surface area contributed by atoms with Crippen molar-refractivity contribution in [3.05, 3.63) is 70.8 Å². The minimum atomic E-state index is 0.248. The average Bonchev–Trinajstić information content (AvgIpc) is 3.11. The van der Waals surface area contributed by atoms with E-state index in [9.17, 15) is 0 Å². The van der Waals surface area contributed by atoms with Gasteiger partial charge in [0, 0.05) is 0 Å². The van der Waals surface area contributed by atoms with Crippen LogP contribution < -0.4 is 0 Å². The van der Waals surface area contributed by atoms with Gasteiger partial charge in [0.25, 0.3) is 0 Å². The summed E-state index contributed by atoms with van der Waals surface area (Å²) in [4.78, 5) is 0. The van der Waals surface area contributed by atoms with Gasteiger partial charge in [-0.25, -0.2) is 0 Å². The van der Waals surface area contributed by atoms with Crippen molar-refractivity contribution < 1.29 is 4.74 Å². The SMILES string of the molecule is Cc1ccc([C@@H]2O[C@H]2c2ccc(C)cc2)cc1. The third kappa shape index (κ3) is 2.11. The Morgan fingerprint density at radius 3 is 1.35 bits per heavy atom. The first kappa shape index (κ1) is 10.5. The van der Waals surface area contributed by atoms with Crippen LogP contribution in [0.5, 0.6) is 0 Å². The molecular formula is C16H16O. The van der Waals surface area contributed by atoms with E-state index in [0.717, 1.165) is 0 Å². The molecule has 1 heteroatoms. The number of ether oxygens (including phenoxy) is 1. The molecule has 0 aromatic heterocycles. The first-order chi connectivity index (χ1) is 8.24. The number of benzene rings is 2. The summed E-state index contributed by atoms with van der Waals surface area (Å²) in [7, 11) is 0. The van der Waals surface area contributed by atoms with E-state index in [2.05, 4.69) is 62.4 Å². The molecule has 0 aliphatic carbocycles. The summed E-state index contributed by atoms with van der Waals surface area (Å²) in [5.74, 6) is 0. The second-order valence-electron chi connectivity index (χ2n) is 4.80. The van der Waals surface area contributed by atoms with E-state index in [-0.39, 0.29) is 12.2 Å². The summed E-state index contributed by atoms with van der Waals surface area (Å²) in [5.41, 5.74) is 5.14. The molecule has 1 aliphatic heterocycles. The Morgan fingerprint density at radius 2 is 1.00 bits per heavy atom. The van der Waals surface area contributed by atoms with Crippen LogP contribution in [0.1, 0.15) is 34.5 Å². The van der Waals surface area contributed by atoms with Crippen molar-refractivity contribution in [2.75, 3.05) is 0 Å². The molecule has 3 rings (SSSR count). The first-order valence-electron chi connectivity index (χ1n) is 6.02. The van der Waals surface area contributed by atoms with Gasteiger partial charge in [-0.3, -0.25) is 0 Å². The molecule has 0 saturated carbocycles. The quantitative estimate of drug-likeness (QED) is 0.699. The highest BCUT2D eigenvalue weighted by Crippen LogP contribution is 2.50. The monoisotopic (exact) mass is 224 g/mol. The number of hydrogen-bond acceptors (Lipinski definition) is 1. The Hall–Kier alpha value is -1.60. The Kier molecular flexibility index (Phi) is 2.49. The Labute approximate surface area is 102 Å². The van der Waals surface area contributed by atoms with Crippen LogP contribution in [0.2, 0.25) is 0 Å². The molecule has 17 heavy (non-hydrogen) atoms. The van der Waals surface area contributed by atoms with Crippen molar-refractivity contribution in [2.45, 2.75) is 26.1 Å². The van der Waals surface area contributed by atoms with Gasteiger partial charge in [-0.2, -0.15) is 0 Å². The second kappa shape index (κ2) is 4.01. The molecule has 2 aromatic carbocycles. The van der Waals surface area contributed by atoms with E-state index in [1.807, 2.05) is 0 Å². The summed E-state index contributed by atoms with van der Waals surface area (Å²) in [6.07, 6.45) is 0.497. The molecule has 2 aromatic rings. The van der Waals surface area contributed by atoms with Gasteiger partial charge in [-0.1, -0.05) is 59.7 Å². The molecule has 0 radical (unpaired) electrons. The number of epoxide rings is 1. The van der Waals surface area contributed by atoms with Crippen molar-refractivity contribution in [1.82, 2.24) is 0 Å². The molecule has 0 amide bonds. The minimum absolute atomic E-state index is 0.248. The second-order valence-corrected chi connectivity index (χ2v) is 4.80. The van der Waals surface area contributed by atoms with Gasteiger partial charge in [0.05, 0.1) is 0 Å². The molecule has 1 saturated heterocycles. The molecule has 1 heterocycles. The maximum Gasteiger partial charge on any atom is 0.114 e. The van der Waals surface area contributed by atoms with Crippen LogP contribution >= 0.6 is 0 Å². The van der Waals surface area contributed by atoms with E-state index in [4.69, 9.17) is 4.74 Å². The van der Waals surface area contributed by atoms with Crippen molar-refractivity contribution in [3.63, 3.8) is 0 Å². The van der Waals surface area contributed by atoms with E-state index in [0.29, 0.717) is 0 Å². The van der Waals surface area contributed by atoms with Gasteiger partial charge in [-0.15, -0.1) is 0 Å². The molecule has 1 nitrogen and oxygen atoms in total. The van der Waals surface area contributed by atoms with Crippen LogP contribution in [0.25, 0.3) is 0 Å². The van der Waals surface area contributed by atoms with E-state index in [1.54, 1.807) is 0 Å². The maximum absolute atomic E-state index is 5.77. The molecule has 86 valence electrons. The Bertz CT molecular complexity index is 461. The molecular weight excluding hydrogens is 208 g/mol. The predicted octanol–water partition coefficient (Wildman–Crippen LogP) is 4.12. The van der Waals surface area contributed by atoms with Crippen molar-refractivity contribution in [2.24, 2.45) is 0 Å². The van der Waals surface area contributed by atoms with Crippen LogP contribution in [0.4, 0.5) is 0 Å². The fraction of sp³-hybridized carbons (Fsp3) is 0.250. The summed E-state index contributed by atoms with van der Waals surface area (Å²) >= 11 is 0. The van der Waals surface area contributed by atoms with Crippen LogP contribution in [0.3, 0.4) is 0 Å². The first-order valence-corrected chi connectivity index (χ1v) is 6.02. The van der Waals surface area contributed by atoms with E-state index >= 15 is 0 Å². The maximum atomic E-state index is 5.77. The molecule has 0 unspecified atom stereocenters. The molecule has 0 N–H and O–H groups in total. The largest absolute Gasteiger partial charge is 0.359 e. The zero-order valence-electron chi connectivity index (χ0n) is 10.2. The fourth-order valence-corrected chi connectivity index (χ4v) is 2.13. The molecule has 1 fully saturated rings. The zero-order valence-corrected chi connectivity index (χ0v) is 10.2. The molecule has 0 spiro atoms. The topological polar surface area (TPSA) is 12.5 Å². The average molecular weight is 224 g/mol.